The van der Waals surface area contributed by atoms with Crippen LogP contribution < -0.4 is 0 Å². The lowest BCUT2D eigenvalue weighted by atomic mass is 10.0. The number of nitrogens with zero attached hydrogens (tertiary/aromatic N) is 2. The summed E-state index contributed by atoms with van der Waals surface area (Å²) in [5, 5.41) is 9.17. The summed E-state index contributed by atoms with van der Waals surface area (Å²) in [7, 11) is 0. The van der Waals surface area contributed by atoms with Gasteiger partial charge < -0.3 is 10.0 Å². The number of carboxylic acid groups (broad SMARTS) is 1. The zero-order valence-corrected chi connectivity index (χ0v) is 11.3. The summed E-state index contributed by atoms with van der Waals surface area (Å²) in [5.74, 6) is -0.756. The molecule has 0 atom stereocenters. The molecule has 0 radical (unpaired) electrons. The maximum atomic E-state index is 11.1. The SMILES string of the molecule is CCN(CC)CCN(CC)C(C)(C)C(=O)O. The van der Waals surface area contributed by atoms with E-state index < -0.39 is 11.5 Å². The van der Waals surface area contributed by atoms with Crippen molar-refractivity contribution in [3.05, 3.63) is 0 Å². The molecule has 0 rings (SSSR count). The minimum Gasteiger partial charge on any atom is -0.480 e. The predicted octanol–water partition coefficient (Wildman–Crippen LogP) is 1.51. The van der Waals surface area contributed by atoms with Gasteiger partial charge in [-0.15, -0.1) is 0 Å². The van der Waals surface area contributed by atoms with Gasteiger partial charge in [-0.05, 0) is 33.5 Å². The maximum absolute atomic E-state index is 11.1. The molecular weight excluding hydrogens is 204 g/mol. The smallest absolute Gasteiger partial charge is 0.323 e. The van der Waals surface area contributed by atoms with Gasteiger partial charge in [0.25, 0.3) is 0 Å². The Morgan fingerprint density at radius 3 is 1.88 bits per heavy atom. The Bertz CT molecular complexity index is 213. The van der Waals surface area contributed by atoms with Gasteiger partial charge in [0.05, 0.1) is 0 Å². The van der Waals surface area contributed by atoms with E-state index >= 15 is 0 Å². The normalized spacial score (nSPS) is 12.4. The van der Waals surface area contributed by atoms with E-state index in [9.17, 15) is 4.79 Å². The Kier molecular flexibility index (Phi) is 6.60. The molecule has 4 nitrogen and oxygen atoms in total. The van der Waals surface area contributed by atoms with Crippen molar-refractivity contribution < 1.29 is 9.90 Å². The fraction of sp³-hybridized carbons (Fsp3) is 0.917. The zero-order valence-electron chi connectivity index (χ0n) is 11.3. The van der Waals surface area contributed by atoms with E-state index in [-0.39, 0.29) is 0 Å². The average Bonchev–Trinajstić information content (AvgIpc) is 2.24. The van der Waals surface area contributed by atoms with E-state index in [0.717, 1.165) is 32.7 Å². The van der Waals surface area contributed by atoms with Gasteiger partial charge in [-0.25, -0.2) is 0 Å². The van der Waals surface area contributed by atoms with Gasteiger partial charge in [0, 0.05) is 13.1 Å². The highest BCUT2D eigenvalue weighted by atomic mass is 16.4. The van der Waals surface area contributed by atoms with Crippen molar-refractivity contribution in [3.63, 3.8) is 0 Å². The summed E-state index contributed by atoms with van der Waals surface area (Å²) in [6, 6.07) is 0. The summed E-state index contributed by atoms with van der Waals surface area (Å²) >= 11 is 0. The second-order valence-electron chi connectivity index (χ2n) is 4.47. The van der Waals surface area contributed by atoms with E-state index in [1.807, 2.05) is 11.8 Å². The van der Waals surface area contributed by atoms with Crippen molar-refractivity contribution in [1.29, 1.82) is 0 Å². The minimum atomic E-state index is -0.776. The molecule has 0 spiro atoms. The van der Waals surface area contributed by atoms with Crippen LogP contribution in [-0.2, 0) is 4.79 Å². The molecular formula is C12H26N2O2. The third-order valence-corrected chi connectivity index (χ3v) is 3.28. The average molecular weight is 230 g/mol. The third kappa shape index (κ3) is 4.10. The minimum absolute atomic E-state index is 0.756. The van der Waals surface area contributed by atoms with E-state index in [4.69, 9.17) is 5.11 Å². The number of likely N-dealkylation sites (N-methyl/N-ethyl adjacent to an activating group) is 2. The fourth-order valence-corrected chi connectivity index (χ4v) is 1.77. The van der Waals surface area contributed by atoms with Crippen LogP contribution in [0.2, 0.25) is 0 Å². The summed E-state index contributed by atoms with van der Waals surface area (Å²) in [4.78, 5) is 15.5. The van der Waals surface area contributed by atoms with E-state index in [1.54, 1.807) is 13.8 Å². The van der Waals surface area contributed by atoms with E-state index in [0.29, 0.717) is 0 Å². The molecule has 0 unspecified atom stereocenters. The molecule has 16 heavy (non-hydrogen) atoms. The Morgan fingerprint density at radius 1 is 1.06 bits per heavy atom. The largest absolute Gasteiger partial charge is 0.480 e. The van der Waals surface area contributed by atoms with Crippen molar-refractivity contribution in [3.8, 4) is 0 Å². The van der Waals surface area contributed by atoms with Gasteiger partial charge in [0.15, 0.2) is 0 Å². The van der Waals surface area contributed by atoms with Crippen molar-refractivity contribution >= 4 is 5.97 Å². The Balaban J connectivity index is 4.35. The van der Waals surface area contributed by atoms with Gasteiger partial charge in [-0.3, -0.25) is 9.69 Å². The van der Waals surface area contributed by atoms with Crippen LogP contribution in [0.15, 0.2) is 0 Å². The summed E-state index contributed by atoms with van der Waals surface area (Å²) in [6.07, 6.45) is 0. The first-order chi connectivity index (χ1) is 7.39. The van der Waals surface area contributed by atoms with Crippen molar-refractivity contribution in [2.45, 2.75) is 40.2 Å². The molecule has 0 aliphatic carbocycles. The van der Waals surface area contributed by atoms with Crippen molar-refractivity contribution in [2.75, 3.05) is 32.7 Å². The lowest BCUT2D eigenvalue weighted by molar-refractivity contribution is -0.149. The topological polar surface area (TPSA) is 43.8 Å². The third-order valence-electron chi connectivity index (χ3n) is 3.28. The first-order valence-corrected chi connectivity index (χ1v) is 6.10. The number of hydrogen-bond donors (Lipinski definition) is 1. The molecule has 0 amide bonds. The van der Waals surface area contributed by atoms with E-state index in [2.05, 4.69) is 18.7 Å². The molecule has 0 aromatic rings. The van der Waals surface area contributed by atoms with Crippen LogP contribution in [0.1, 0.15) is 34.6 Å². The molecule has 0 saturated carbocycles. The van der Waals surface area contributed by atoms with Gasteiger partial charge in [-0.2, -0.15) is 0 Å². The Morgan fingerprint density at radius 2 is 1.56 bits per heavy atom. The molecule has 4 heteroatoms. The highest BCUT2D eigenvalue weighted by molar-refractivity contribution is 5.77. The van der Waals surface area contributed by atoms with Crippen LogP contribution in [-0.4, -0.2) is 59.1 Å². The molecule has 1 N–H and O–H groups in total. The van der Waals surface area contributed by atoms with Crippen molar-refractivity contribution in [2.24, 2.45) is 0 Å². The molecule has 0 aliphatic heterocycles. The molecule has 0 heterocycles. The second kappa shape index (κ2) is 6.86. The number of carboxylic acids is 1. The molecule has 96 valence electrons. The summed E-state index contributed by atoms with van der Waals surface area (Å²) < 4.78 is 0. The molecule has 0 fully saturated rings. The van der Waals surface area contributed by atoms with Crippen molar-refractivity contribution in [1.82, 2.24) is 9.80 Å². The zero-order chi connectivity index (χ0) is 12.8. The van der Waals surface area contributed by atoms with Crippen LogP contribution in [0.4, 0.5) is 0 Å². The number of carbonyl (C=O) groups is 1. The molecule has 0 aliphatic rings. The first-order valence-electron chi connectivity index (χ1n) is 6.10. The van der Waals surface area contributed by atoms with Gasteiger partial charge in [0.1, 0.15) is 5.54 Å². The molecule has 0 bridgehead atoms. The Hall–Kier alpha value is -0.610. The second-order valence-corrected chi connectivity index (χ2v) is 4.47. The van der Waals surface area contributed by atoms with Crippen LogP contribution in [0.25, 0.3) is 0 Å². The van der Waals surface area contributed by atoms with Gasteiger partial charge in [0.2, 0.25) is 0 Å². The van der Waals surface area contributed by atoms with Crippen LogP contribution in [0.5, 0.6) is 0 Å². The van der Waals surface area contributed by atoms with E-state index in [1.165, 1.54) is 0 Å². The first kappa shape index (κ1) is 15.4. The molecule has 0 aromatic heterocycles. The predicted molar refractivity (Wildman–Crippen MR) is 66.7 cm³/mol. The molecule has 0 saturated heterocycles. The number of rotatable bonds is 8. The van der Waals surface area contributed by atoms with Crippen LogP contribution in [0.3, 0.4) is 0 Å². The standard InChI is InChI=1S/C12H26N2O2/c1-6-13(7-2)9-10-14(8-3)12(4,5)11(15)16/h6-10H2,1-5H3,(H,15,16). The lowest BCUT2D eigenvalue weighted by Gasteiger charge is -2.35. The summed E-state index contributed by atoms with van der Waals surface area (Å²) in [6.45, 7) is 14.3. The number of aliphatic carboxylic acids is 1. The monoisotopic (exact) mass is 230 g/mol. The molecule has 0 aromatic carbocycles. The number of hydrogen-bond acceptors (Lipinski definition) is 3. The van der Waals surface area contributed by atoms with Gasteiger partial charge in [-0.1, -0.05) is 20.8 Å². The highest BCUT2D eigenvalue weighted by Crippen LogP contribution is 2.14. The Labute approximate surface area is 99.2 Å². The quantitative estimate of drug-likeness (QED) is 0.686. The highest BCUT2D eigenvalue weighted by Gasteiger charge is 2.33. The van der Waals surface area contributed by atoms with Crippen LogP contribution in [0, 0.1) is 0 Å². The summed E-state index contributed by atoms with van der Waals surface area (Å²) in [5.41, 5.74) is -0.776. The lowest BCUT2D eigenvalue weighted by Crippen LogP contribution is -2.52. The van der Waals surface area contributed by atoms with Gasteiger partial charge >= 0.3 is 5.97 Å². The van der Waals surface area contributed by atoms with Crippen LogP contribution >= 0.6 is 0 Å². The fourth-order valence-electron chi connectivity index (χ4n) is 1.77. The maximum Gasteiger partial charge on any atom is 0.323 e.